The Bertz CT molecular complexity index is 409. The van der Waals surface area contributed by atoms with Crippen LogP contribution in [0.2, 0.25) is 0 Å². The van der Waals surface area contributed by atoms with E-state index in [0.717, 1.165) is 31.5 Å². The number of aliphatic hydroxyl groups is 1. The molecule has 18 heavy (non-hydrogen) atoms. The highest BCUT2D eigenvalue weighted by atomic mass is 19.1. The molecule has 1 aliphatic heterocycles. The largest absolute Gasteiger partial charge is 0.396 e. The number of benzene rings is 1. The van der Waals surface area contributed by atoms with Crippen LogP contribution in [-0.4, -0.2) is 24.8 Å². The molecule has 2 rings (SSSR count). The minimum Gasteiger partial charge on any atom is -0.396 e. The molecule has 1 saturated heterocycles. The summed E-state index contributed by atoms with van der Waals surface area (Å²) in [7, 11) is 0. The molecule has 1 fully saturated rings. The zero-order valence-electron chi connectivity index (χ0n) is 10.8. The Balaban J connectivity index is 2.10. The molecule has 0 radical (unpaired) electrons. The van der Waals surface area contributed by atoms with Gasteiger partial charge in [0.15, 0.2) is 0 Å². The summed E-state index contributed by atoms with van der Waals surface area (Å²) in [6.45, 7) is 3.75. The Labute approximate surface area is 107 Å². The summed E-state index contributed by atoms with van der Waals surface area (Å²) in [5.74, 6) is 0.275. The van der Waals surface area contributed by atoms with Gasteiger partial charge in [-0.1, -0.05) is 6.07 Å². The molecule has 0 aromatic heterocycles. The maximum absolute atomic E-state index is 14.0. The van der Waals surface area contributed by atoms with Gasteiger partial charge in [-0.2, -0.15) is 0 Å². The topological polar surface area (TPSA) is 49.5 Å². The fourth-order valence-electron chi connectivity index (χ4n) is 2.53. The first-order chi connectivity index (χ1) is 8.61. The van der Waals surface area contributed by atoms with Gasteiger partial charge >= 0.3 is 0 Å². The van der Waals surface area contributed by atoms with Gasteiger partial charge in [0.05, 0.1) is 5.69 Å². The van der Waals surface area contributed by atoms with Crippen molar-refractivity contribution in [1.29, 1.82) is 0 Å². The lowest BCUT2D eigenvalue weighted by molar-refractivity contribution is 0.263. The minimum atomic E-state index is -0.200. The van der Waals surface area contributed by atoms with Crippen molar-refractivity contribution in [2.24, 2.45) is 11.7 Å². The summed E-state index contributed by atoms with van der Waals surface area (Å²) in [6.07, 6.45) is 1.82. The lowest BCUT2D eigenvalue weighted by Gasteiger charge is -2.20. The first-order valence-electron chi connectivity index (χ1n) is 6.52. The van der Waals surface area contributed by atoms with E-state index in [2.05, 4.69) is 4.90 Å². The summed E-state index contributed by atoms with van der Waals surface area (Å²) in [5.41, 5.74) is 7.21. The van der Waals surface area contributed by atoms with Gasteiger partial charge in [0.2, 0.25) is 0 Å². The van der Waals surface area contributed by atoms with Crippen molar-refractivity contribution >= 4 is 5.69 Å². The molecule has 1 heterocycles. The first-order valence-corrected chi connectivity index (χ1v) is 6.52. The Kier molecular flexibility index (Phi) is 4.19. The summed E-state index contributed by atoms with van der Waals surface area (Å²) >= 11 is 0. The monoisotopic (exact) mass is 252 g/mol. The predicted octanol–water partition coefficient (Wildman–Crippen LogP) is 2.05. The van der Waals surface area contributed by atoms with E-state index in [9.17, 15) is 4.39 Å². The Morgan fingerprint density at radius 3 is 2.94 bits per heavy atom. The summed E-state index contributed by atoms with van der Waals surface area (Å²) in [5, 5.41) is 8.93. The SMILES string of the molecule is C[C@H](N)c1ccc(N2CCC(CCO)C2)c(F)c1. The van der Waals surface area contributed by atoms with Gasteiger partial charge in [-0.05, 0) is 43.4 Å². The van der Waals surface area contributed by atoms with Crippen LogP contribution in [0.15, 0.2) is 18.2 Å². The Morgan fingerprint density at radius 2 is 2.33 bits per heavy atom. The third-order valence-electron chi connectivity index (χ3n) is 3.66. The molecule has 2 atom stereocenters. The van der Waals surface area contributed by atoms with E-state index < -0.39 is 0 Å². The molecule has 4 heteroatoms. The quantitative estimate of drug-likeness (QED) is 0.862. The van der Waals surface area contributed by atoms with Gasteiger partial charge in [0, 0.05) is 25.7 Å². The van der Waals surface area contributed by atoms with Gasteiger partial charge in [0.1, 0.15) is 5.82 Å². The van der Waals surface area contributed by atoms with Crippen LogP contribution in [0.4, 0.5) is 10.1 Å². The first kappa shape index (κ1) is 13.3. The number of halogens is 1. The fraction of sp³-hybridized carbons (Fsp3) is 0.571. The van der Waals surface area contributed by atoms with E-state index in [4.69, 9.17) is 10.8 Å². The van der Waals surface area contributed by atoms with Crippen molar-refractivity contribution in [3.05, 3.63) is 29.6 Å². The summed E-state index contributed by atoms with van der Waals surface area (Å²) in [4.78, 5) is 2.06. The Morgan fingerprint density at radius 1 is 1.56 bits per heavy atom. The standard InChI is InChI=1S/C14H21FN2O/c1-10(16)12-2-3-14(13(15)8-12)17-6-4-11(9-17)5-7-18/h2-3,8,10-11,18H,4-7,9,16H2,1H3/t10-,11?/m0/s1. The van der Waals surface area contributed by atoms with Crippen LogP contribution in [0.5, 0.6) is 0 Å². The smallest absolute Gasteiger partial charge is 0.146 e. The second-order valence-corrected chi connectivity index (χ2v) is 5.11. The van der Waals surface area contributed by atoms with Crippen molar-refractivity contribution in [2.45, 2.75) is 25.8 Å². The molecule has 0 bridgehead atoms. The molecule has 0 saturated carbocycles. The average molecular weight is 252 g/mol. The molecular weight excluding hydrogens is 231 g/mol. The molecule has 1 aliphatic rings. The third-order valence-corrected chi connectivity index (χ3v) is 3.66. The molecule has 100 valence electrons. The van der Waals surface area contributed by atoms with E-state index in [-0.39, 0.29) is 18.5 Å². The molecule has 1 aromatic carbocycles. The molecule has 3 nitrogen and oxygen atoms in total. The number of nitrogens with zero attached hydrogens (tertiary/aromatic N) is 1. The number of hydrogen-bond donors (Lipinski definition) is 2. The van der Waals surface area contributed by atoms with E-state index >= 15 is 0 Å². The third kappa shape index (κ3) is 2.82. The van der Waals surface area contributed by atoms with Crippen molar-refractivity contribution in [1.82, 2.24) is 0 Å². The van der Waals surface area contributed by atoms with Crippen molar-refractivity contribution in [3.63, 3.8) is 0 Å². The van der Waals surface area contributed by atoms with Crippen LogP contribution >= 0.6 is 0 Å². The molecule has 0 spiro atoms. The van der Waals surface area contributed by atoms with E-state index in [1.807, 2.05) is 19.1 Å². The summed E-state index contributed by atoms with van der Waals surface area (Å²) in [6, 6.07) is 5.09. The van der Waals surface area contributed by atoms with E-state index in [0.29, 0.717) is 11.6 Å². The van der Waals surface area contributed by atoms with E-state index in [1.165, 1.54) is 6.07 Å². The van der Waals surface area contributed by atoms with Gasteiger partial charge < -0.3 is 15.7 Å². The maximum atomic E-state index is 14.0. The van der Waals surface area contributed by atoms with Gasteiger partial charge in [-0.15, -0.1) is 0 Å². The lowest BCUT2D eigenvalue weighted by Crippen LogP contribution is -2.21. The number of hydrogen-bond acceptors (Lipinski definition) is 3. The average Bonchev–Trinajstić information content (AvgIpc) is 2.77. The molecule has 0 aliphatic carbocycles. The van der Waals surface area contributed by atoms with Crippen LogP contribution in [0.25, 0.3) is 0 Å². The molecular formula is C14H21FN2O. The van der Waals surface area contributed by atoms with Crippen molar-refractivity contribution in [3.8, 4) is 0 Å². The van der Waals surface area contributed by atoms with Crippen LogP contribution in [0, 0.1) is 11.7 Å². The second kappa shape index (κ2) is 5.67. The number of anilines is 1. The summed E-state index contributed by atoms with van der Waals surface area (Å²) < 4.78 is 14.0. The fourth-order valence-corrected chi connectivity index (χ4v) is 2.53. The molecule has 1 unspecified atom stereocenters. The highest BCUT2D eigenvalue weighted by Crippen LogP contribution is 2.29. The zero-order chi connectivity index (χ0) is 13.1. The highest BCUT2D eigenvalue weighted by molar-refractivity contribution is 5.50. The number of rotatable bonds is 4. The van der Waals surface area contributed by atoms with Gasteiger partial charge in [-0.25, -0.2) is 4.39 Å². The van der Waals surface area contributed by atoms with Crippen molar-refractivity contribution < 1.29 is 9.50 Å². The van der Waals surface area contributed by atoms with E-state index in [1.54, 1.807) is 0 Å². The maximum Gasteiger partial charge on any atom is 0.146 e. The number of nitrogens with two attached hydrogens (primary N) is 1. The zero-order valence-corrected chi connectivity index (χ0v) is 10.8. The Hall–Kier alpha value is -1.13. The minimum absolute atomic E-state index is 0.144. The van der Waals surface area contributed by atoms with Crippen LogP contribution in [-0.2, 0) is 0 Å². The molecule has 3 N–H and O–H groups in total. The van der Waals surface area contributed by atoms with Crippen LogP contribution < -0.4 is 10.6 Å². The number of aliphatic hydroxyl groups excluding tert-OH is 1. The molecule has 0 amide bonds. The van der Waals surface area contributed by atoms with Crippen LogP contribution in [0.1, 0.15) is 31.4 Å². The predicted molar refractivity (Wildman–Crippen MR) is 71.0 cm³/mol. The second-order valence-electron chi connectivity index (χ2n) is 5.11. The van der Waals surface area contributed by atoms with Crippen molar-refractivity contribution in [2.75, 3.05) is 24.6 Å². The lowest BCUT2D eigenvalue weighted by atomic mass is 10.1. The van der Waals surface area contributed by atoms with Gasteiger partial charge in [-0.3, -0.25) is 0 Å². The highest BCUT2D eigenvalue weighted by Gasteiger charge is 2.24. The van der Waals surface area contributed by atoms with Crippen LogP contribution in [0.3, 0.4) is 0 Å². The molecule has 1 aromatic rings. The van der Waals surface area contributed by atoms with Gasteiger partial charge in [0.25, 0.3) is 0 Å². The normalized spacial score (nSPS) is 21.3.